The van der Waals surface area contributed by atoms with Gasteiger partial charge in [0.1, 0.15) is 0 Å². The number of nitrogens with two attached hydrogens (primary N) is 1. The number of rotatable bonds is 2. The Balaban J connectivity index is 2.72. The minimum atomic E-state index is 0.133. The molecule has 0 aliphatic carbocycles. The van der Waals surface area contributed by atoms with Gasteiger partial charge >= 0.3 is 0 Å². The zero-order valence-electron chi connectivity index (χ0n) is 4.50. The Kier molecular flexibility index (Phi) is 1.74. The van der Waals surface area contributed by atoms with Crippen LogP contribution in [0.3, 0.4) is 0 Å². The summed E-state index contributed by atoms with van der Waals surface area (Å²) in [7, 11) is 0. The topological polar surface area (TPSA) is 68.9 Å². The van der Waals surface area contributed by atoms with Crippen molar-refractivity contribution in [2.24, 2.45) is 0 Å². The highest BCUT2D eigenvalue weighted by Gasteiger charge is 1.97. The van der Waals surface area contributed by atoms with Gasteiger partial charge in [-0.25, -0.2) is 4.98 Å². The highest BCUT2D eigenvalue weighted by molar-refractivity contribution is 7.09. The fourth-order valence-electron chi connectivity index (χ4n) is 0.404. The Morgan fingerprint density at radius 3 is 3.00 bits per heavy atom. The molecule has 0 atom stereocenters. The van der Waals surface area contributed by atoms with Crippen molar-refractivity contribution in [2.45, 2.75) is 6.42 Å². The van der Waals surface area contributed by atoms with Crippen molar-refractivity contribution in [1.29, 1.82) is 0 Å². The molecule has 4 nitrogen and oxygen atoms in total. The first-order valence-electron chi connectivity index (χ1n) is 2.26. The van der Waals surface area contributed by atoms with Crippen LogP contribution in [0.5, 0.6) is 0 Å². The molecule has 0 spiro atoms. The molecular formula is C4H4N3OS. The lowest BCUT2D eigenvalue weighted by molar-refractivity contribution is 0.554. The minimum Gasteiger partial charge on any atom is -0.374 e. The Hall–Kier alpha value is -0.970. The number of nitrogen functional groups attached to an aromatic ring is 1. The van der Waals surface area contributed by atoms with Gasteiger partial charge in [0.15, 0.2) is 11.0 Å². The number of anilines is 1. The predicted octanol–water partition coefficient (Wildman–Crippen LogP) is -0.227. The van der Waals surface area contributed by atoms with Gasteiger partial charge in [-0.05, 0) is 0 Å². The lowest BCUT2D eigenvalue weighted by Gasteiger charge is -1.75. The van der Waals surface area contributed by atoms with Crippen LogP contribution < -0.4 is 5.73 Å². The first kappa shape index (κ1) is 6.15. The van der Waals surface area contributed by atoms with Crippen LogP contribution in [0.2, 0.25) is 0 Å². The van der Waals surface area contributed by atoms with Crippen molar-refractivity contribution in [3.8, 4) is 0 Å². The summed E-state index contributed by atoms with van der Waals surface area (Å²) in [6.45, 7) is 0. The van der Waals surface area contributed by atoms with Crippen molar-refractivity contribution in [3.05, 3.63) is 5.82 Å². The van der Waals surface area contributed by atoms with Gasteiger partial charge in [-0.1, -0.05) is 0 Å². The van der Waals surface area contributed by atoms with Crippen LogP contribution in [0.4, 0.5) is 5.13 Å². The van der Waals surface area contributed by atoms with E-state index >= 15 is 0 Å². The molecule has 0 fully saturated rings. The van der Waals surface area contributed by atoms with Gasteiger partial charge in [0.05, 0.1) is 6.42 Å². The van der Waals surface area contributed by atoms with Gasteiger partial charge in [-0.15, -0.1) is 0 Å². The molecule has 0 aromatic carbocycles. The van der Waals surface area contributed by atoms with Crippen molar-refractivity contribution < 1.29 is 4.79 Å². The van der Waals surface area contributed by atoms with E-state index in [0.29, 0.717) is 11.0 Å². The molecule has 0 unspecified atom stereocenters. The summed E-state index contributed by atoms with van der Waals surface area (Å²) in [4.78, 5) is 13.5. The molecule has 0 saturated heterocycles. The van der Waals surface area contributed by atoms with Crippen molar-refractivity contribution in [3.63, 3.8) is 0 Å². The lowest BCUT2D eigenvalue weighted by atomic mass is 10.5. The SMILES string of the molecule is Nc1nc(C[C]=O)ns1. The molecule has 0 bridgehead atoms. The van der Waals surface area contributed by atoms with Gasteiger partial charge in [-0.3, -0.25) is 4.79 Å². The van der Waals surface area contributed by atoms with Crippen LogP contribution in [0, 0.1) is 0 Å². The Bertz CT molecular complexity index is 209. The van der Waals surface area contributed by atoms with Gasteiger partial charge in [0.25, 0.3) is 0 Å². The summed E-state index contributed by atoms with van der Waals surface area (Å²) in [5.41, 5.74) is 5.22. The van der Waals surface area contributed by atoms with E-state index in [4.69, 9.17) is 5.73 Å². The standard InChI is InChI=1S/C4H4N3OS/c5-4-6-3(1-2-8)7-9-4/h1H2,(H2,5,6,7). The summed E-state index contributed by atoms with van der Waals surface area (Å²) in [5.74, 6) is 0.451. The monoisotopic (exact) mass is 142 g/mol. The molecule has 1 radical (unpaired) electrons. The van der Waals surface area contributed by atoms with E-state index in [1.807, 2.05) is 0 Å². The molecule has 1 rings (SSSR count). The summed E-state index contributed by atoms with van der Waals surface area (Å²) in [6.07, 6.45) is 1.81. The highest BCUT2D eigenvalue weighted by atomic mass is 32.1. The second-order valence-electron chi connectivity index (χ2n) is 1.37. The maximum absolute atomic E-state index is 9.74. The second kappa shape index (κ2) is 2.54. The van der Waals surface area contributed by atoms with Crippen LogP contribution in [0.25, 0.3) is 0 Å². The Labute approximate surface area is 55.9 Å². The zero-order chi connectivity index (χ0) is 6.69. The molecule has 47 valence electrons. The van der Waals surface area contributed by atoms with Crippen LogP contribution in [0.1, 0.15) is 5.82 Å². The molecule has 0 aliphatic heterocycles. The average molecular weight is 142 g/mol. The smallest absolute Gasteiger partial charge is 0.206 e. The molecule has 0 amide bonds. The molecule has 1 aromatic rings. The average Bonchev–Trinajstić information content (AvgIpc) is 2.17. The molecule has 0 saturated carbocycles. The summed E-state index contributed by atoms with van der Waals surface area (Å²) >= 11 is 1.08. The number of nitrogens with zero attached hydrogens (tertiary/aromatic N) is 2. The maximum atomic E-state index is 9.74. The number of hydrogen-bond acceptors (Lipinski definition) is 5. The summed E-state index contributed by atoms with van der Waals surface area (Å²) in [5, 5.41) is 0.389. The Morgan fingerprint density at radius 2 is 2.56 bits per heavy atom. The van der Waals surface area contributed by atoms with Crippen LogP contribution in [0.15, 0.2) is 0 Å². The molecule has 2 N–H and O–H groups in total. The van der Waals surface area contributed by atoms with Gasteiger partial charge < -0.3 is 5.73 Å². The van der Waals surface area contributed by atoms with Crippen molar-refractivity contribution in [1.82, 2.24) is 9.36 Å². The van der Waals surface area contributed by atoms with Gasteiger partial charge in [0, 0.05) is 11.5 Å². The van der Waals surface area contributed by atoms with Crippen LogP contribution in [-0.4, -0.2) is 15.6 Å². The number of hydrogen-bond donors (Lipinski definition) is 1. The molecule has 1 heterocycles. The zero-order valence-corrected chi connectivity index (χ0v) is 5.31. The molecule has 1 aromatic heterocycles. The van der Waals surface area contributed by atoms with E-state index in [1.54, 1.807) is 6.29 Å². The van der Waals surface area contributed by atoms with E-state index in [9.17, 15) is 4.79 Å². The minimum absolute atomic E-state index is 0.133. The second-order valence-corrected chi connectivity index (χ2v) is 2.15. The highest BCUT2D eigenvalue weighted by Crippen LogP contribution is 2.04. The fraction of sp³-hybridized carbons (Fsp3) is 0.250. The largest absolute Gasteiger partial charge is 0.374 e. The van der Waals surface area contributed by atoms with E-state index in [0.717, 1.165) is 11.5 Å². The lowest BCUT2D eigenvalue weighted by Crippen LogP contribution is -1.88. The van der Waals surface area contributed by atoms with Crippen molar-refractivity contribution >= 4 is 23.0 Å². The van der Waals surface area contributed by atoms with E-state index in [1.165, 1.54) is 0 Å². The first-order valence-corrected chi connectivity index (χ1v) is 3.03. The maximum Gasteiger partial charge on any atom is 0.206 e. The molecular weight excluding hydrogens is 138 g/mol. The van der Waals surface area contributed by atoms with Crippen molar-refractivity contribution in [2.75, 3.05) is 5.73 Å². The van der Waals surface area contributed by atoms with E-state index in [2.05, 4.69) is 9.36 Å². The summed E-state index contributed by atoms with van der Waals surface area (Å²) in [6, 6.07) is 0. The van der Waals surface area contributed by atoms with E-state index < -0.39 is 0 Å². The van der Waals surface area contributed by atoms with Crippen LogP contribution >= 0.6 is 11.5 Å². The van der Waals surface area contributed by atoms with Gasteiger partial charge in [-0.2, -0.15) is 4.37 Å². The Morgan fingerprint density at radius 1 is 1.78 bits per heavy atom. The normalized spacial score (nSPS) is 9.33. The fourth-order valence-corrected chi connectivity index (χ4v) is 0.854. The quantitative estimate of drug-likeness (QED) is 0.619. The third-order valence-electron chi connectivity index (χ3n) is 0.714. The van der Waals surface area contributed by atoms with E-state index in [-0.39, 0.29) is 6.42 Å². The predicted molar refractivity (Wildman–Crippen MR) is 33.7 cm³/mol. The number of carbonyl (C=O) groups excluding carboxylic acids is 1. The molecule has 0 aliphatic rings. The van der Waals surface area contributed by atoms with Gasteiger partial charge in [0.2, 0.25) is 6.29 Å². The molecule has 5 heteroatoms. The summed E-state index contributed by atoms with van der Waals surface area (Å²) < 4.78 is 3.75. The van der Waals surface area contributed by atoms with Crippen LogP contribution in [-0.2, 0) is 11.2 Å². The third-order valence-corrected chi connectivity index (χ3v) is 1.29. The molecule has 9 heavy (non-hydrogen) atoms. The first-order chi connectivity index (χ1) is 4.33. The third kappa shape index (κ3) is 1.46. The number of aromatic nitrogens is 2.